The molecule has 0 unspecified atom stereocenters. The molecule has 0 fully saturated rings. The van der Waals surface area contributed by atoms with E-state index in [0.717, 1.165) is 0 Å². The van der Waals surface area contributed by atoms with Gasteiger partial charge in [0.2, 0.25) is 5.91 Å². The van der Waals surface area contributed by atoms with Crippen LogP contribution in [-0.4, -0.2) is 41.3 Å². The molecule has 0 rings (SSSR count). The molecule has 72 valence electrons. The smallest absolute Gasteiger partial charge is 0.234 e. The summed E-state index contributed by atoms with van der Waals surface area (Å²) >= 11 is 5.22. The summed E-state index contributed by atoms with van der Waals surface area (Å²) in [6.45, 7) is 1.66. The summed E-state index contributed by atoms with van der Waals surface area (Å²) in [6, 6.07) is 0. The molecule has 0 aromatic rings. The standard InChI is InChI=1S/C7H14ClNO3/c1-5(11)6(4-10)3-9-7(12)2-8/h5-6,10-11H,2-4H2,1H3,(H,9,12)/t5-,6+/m1/s1. The van der Waals surface area contributed by atoms with Crippen LogP contribution in [-0.2, 0) is 4.79 Å². The van der Waals surface area contributed by atoms with Gasteiger partial charge in [0, 0.05) is 12.5 Å². The van der Waals surface area contributed by atoms with Gasteiger partial charge in [0.25, 0.3) is 0 Å². The van der Waals surface area contributed by atoms with Crippen molar-refractivity contribution < 1.29 is 15.0 Å². The first-order chi connectivity index (χ1) is 5.61. The number of carbonyl (C=O) groups excluding carboxylic acids is 1. The van der Waals surface area contributed by atoms with E-state index in [-0.39, 0.29) is 30.9 Å². The van der Waals surface area contributed by atoms with Gasteiger partial charge in [-0.15, -0.1) is 11.6 Å². The summed E-state index contributed by atoms with van der Waals surface area (Å²) in [4.78, 5) is 10.6. The van der Waals surface area contributed by atoms with E-state index in [0.29, 0.717) is 0 Å². The van der Waals surface area contributed by atoms with Gasteiger partial charge in [-0.2, -0.15) is 0 Å². The number of carbonyl (C=O) groups is 1. The highest BCUT2D eigenvalue weighted by Crippen LogP contribution is 1.99. The van der Waals surface area contributed by atoms with Crippen LogP contribution in [0.5, 0.6) is 0 Å². The van der Waals surface area contributed by atoms with Gasteiger partial charge in [-0.3, -0.25) is 4.79 Å². The second-order valence-corrected chi connectivity index (χ2v) is 2.89. The molecule has 3 N–H and O–H groups in total. The maximum absolute atomic E-state index is 10.6. The van der Waals surface area contributed by atoms with Gasteiger partial charge >= 0.3 is 0 Å². The number of hydrogen-bond donors (Lipinski definition) is 3. The topological polar surface area (TPSA) is 69.6 Å². The zero-order valence-corrected chi connectivity index (χ0v) is 7.71. The van der Waals surface area contributed by atoms with E-state index in [1.54, 1.807) is 6.92 Å². The van der Waals surface area contributed by atoms with Gasteiger partial charge in [0.1, 0.15) is 5.88 Å². The molecule has 2 atom stereocenters. The van der Waals surface area contributed by atoms with Gasteiger partial charge in [-0.25, -0.2) is 0 Å². The van der Waals surface area contributed by atoms with E-state index >= 15 is 0 Å². The molecular formula is C7H14ClNO3. The molecule has 0 aliphatic carbocycles. The molecule has 12 heavy (non-hydrogen) atoms. The maximum Gasteiger partial charge on any atom is 0.234 e. The Kier molecular flexibility index (Phi) is 6.06. The minimum Gasteiger partial charge on any atom is -0.396 e. The highest BCUT2D eigenvalue weighted by atomic mass is 35.5. The van der Waals surface area contributed by atoms with E-state index in [1.807, 2.05) is 0 Å². The second-order valence-electron chi connectivity index (χ2n) is 2.62. The summed E-state index contributed by atoms with van der Waals surface area (Å²) < 4.78 is 0. The van der Waals surface area contributed by atoms with Crippen molar-refractivity contribution >= 4 is 17.5 Å². The molecule has 0 heterocycles. The first-order valence-corrected chi connectivity index (χ1v) is 4.26. The summed E-state index contributed by atoms with van der Waals surface area (Å²) in [5.41, 5.74) is 0. The molecule has 0 aliphatic rings. The number of aliphatic hydroxyl groups excluding tert-OH is 2. The molecule has 1 amide bonds. The third kappa shape index (κ3) is 4.54. The predicted molar refractivity (Wildman–Crippen MR) is 46.0 cm³/mol. The van der Waals surface area contributed by atoms with Crippen LogP contribution < -0.4 is 5.32 Å². The van der Waals surface area contributed by atoms with Gasteiger partial charge in [-0.1, -0.05) is 0 Å². The van der Waals surface area contributed by atoms with Crippen molar-refractivity contribution in [3.8, 4) is 0 Å². The quantitative estimate of drug-likeness (QED) is 0.510. The average molecular weight is 196 g/mol. The Morgan fingerprint density at radius 1 is 1.67 bits per heavy atom. The number of alkyl halides is 1. The largest absolute Gasteiger partial charge is 0.396 e. The van der Waals surface area contributed by atoms with Crippen LogP contribution in [0.4, 0.5) is 0 Å². The third-order valence-corrected chi connectivity index (χ3v) is 1.84. The van der Waals surface area contributed by atoms with Crippen LogP contribution in [0.3, 0.4) is 0 Å². The molecular weight excluding hydrogens is 182 g/mol. The number of nitrogens with one attached hydrogen (secondary N) is 1. The Labute approximate surface area is 76.5 Å². The first kappa shape index (κ1) is 11.7. The summed E-state index contributed by atoms with van der Waals surface area (Å²) in [6.07, 6.45) is -0.634. The third-order valence-electron chi connectivity index (χ3n) is 1.60. The van der Waals surface area contributed by atoms with E-state index in [4.69, 9.17) is 21.8 Å². The van der Waals surface area contributed by atoms with E-state index in [2.05, 4.69) is 5.32 Å². The summed E-state index contributed by atoms with van der Waals surface area (Å²) in [5.74, 6) is -0.717. The van der Waals surface area contributed by atoms with E-state index in [1.165, 1.54) is 0 Å². The normalized spacial score (nSPS) is 15.3. The minimum atomic E-state index is -0.634. The lowest BCUT2D eigenvalue weighted by atomic mass is 10.1. The average Bonchev–Trinajstić information content (AvgIpc) is 2.04. The monoisotopic (exact) mass is 195 g/mol. The zero-order valence-electron chi connectivity index (χ0n) is 6.96. The van der Waals surface area contributed by atoms with Gasteiger partial charge in [0.15, 0.2) is 0 Å². The number of hydrogen-bond acceptors (Lipinski definition) is 3. The predicted octanol–water partition coefficient (Wildman–Crippen LogP) is -0.669. The Bertz CT molecular complexity index is 141. The molecule has 0 aliphatic heterocycles. The lowest BCUT2D eigenvalue weighted by Gasteiger charge is -2.17. The van der Waals surface area contributed by atoms with Crippen molar-refractivity contribution in [1.29, 1.82) is 0 Å². The number of rotatable bonds is 5. The number of halogens is 1. The van der Waals surface area contributed by atoms with Crippen molar-refractivity contribution in [2.45, 2.75) is 13.0 Å². The maximum atomic E-state index is 10.6. The van der Waals surface area contributed by atoms with E-state index in [9.17, 15) is 4.79 Å². The van der Waals surface area contributed by atoms with Crippen LogP contribution >= 0.6 is 11.6 Å². The van der Waals surface area contributed by atoms with Crippen molar-refractivity contribution in [1.82, 2.24) is 5.32 Å². The highest BCUT2D eigenvalue weighted by molar-refractivity contribution is 6.27. The lowest BCUT2D eigenvalue weighted by molar-refractivity contribution is -0.119. The molecule has 0 aromatic heterocycles. The fourth-order valence-electron chi connectivity index (χ4n) is 0.680. The van der Waals surface area contributed by atoms with Crippen LogP contribution in [0.2, 0.25) is 0 Å². The molecule has 4 nitrogen and oxygen atoms in total. The molecule has 0 saturated carbocycles. The van der Waals surface area contributed by atoms with Crippen LogP contribution in [0.1, 0.15) is 6.92 Å². The number of amides is 1. The Balaban J connectivity index is 3.65. The summed E-state index contributed by atoms with van der Waals surface area (Å²) in [5, 5.41) is 20.3. The fraction of sp³-hybridized carbons (Fsp3) is 0.857. The SMILES string of the molecule is C[C@@H](O)[C@H](CO)CNC(=O)CCl. The summed E-state index contributed by atoms with van der Waals surface area (Å²) in [7, 11) is 0. The highest BCUT2D eigenvalue weighted by Gasteiger charge is 2.14. The molecule has 0 radical (unpaired) electrons. The van der Waals surface area contributed by atoms with Crippen LogP contribution in [0.25, 0.3) is 0 Å². The lowest BCUT2D eigenvalue weighted by Crippen LogP contribution is -2.36. The van der Waals surface area contributed by atoms with Crippen LogP contribution in [0, 0.1) is 5.92 Å². The molecule has 0 spiro atoms. The molecule has 0 aromatic carbocycles. The van der Waals surface area contributed by atoms with Crippen molar-refractivity contribution in [3.63, 3.8) is 0 Å². The fourth-order valence-corrected chi connectivity index (χ4v) is 0.774. The van der Waals surface area contributed by atoms with E-state index < -0.39 is 6.10 Å². The van der Waals surface area contributed by atoms with Crippen LogP contribution in [0.15, 0.2) is 0 Å². The van der Waals surface area contributed by atoms with Gasteiger partial charge in [-0.05, 0) is 6.92 Å². The van der Waals surface area contributed by atoms with Gasteiger partial charge < -0.3 is 15.5 Å². The van der Waals surface area contributed by atoms with Crippen molar-refractivity contribution in [3.05, 3.63) is 0 Å². The Morgan fingerprint density at radius 2 is 2.25 bits per heavy atom. The number of aliphatic hydroxyl groups is 2. The minimum absolute atomic E-state index is 0.0992. The molecule has 0 bridgehead atoms. The molecule has 0 saturated heterocycles. The first-order valence-electron chi connectivity index (χ1n) is 3.73. The Hall–Kier alpha value is -0.320. The van der Waals surface area contributed by atoms with Crippen molar-refractivity contribution in [2.75, 3.05) is 19.0 Å². The molecule has 5 heteroatoms. The van der Waals surface area contributed by atoms with Gasteiger partial charge in [0.05, 0.1) is 12.7 Å². The second kappa shape index (κ2) is 6.22. The van der Waals surface area contributed by atoms with Crippen molar-refractivity contribution in [2.24, 2.45) is 5.92 Å². The zero-order chi connectivity index (χ0) is 9.56. The Morgan fingerprint density at radius 3 is 2.58 bits per heavy atom.